The topological polar surface area (TPSA) is 47.3 Å². The Morgan fingerprint density at radius 2 is 1.62 bits per heavy atom. The van der Waals surface area contributed by atoms with Crippen LogP contribution >= 0.6 is 0 Å². The van der Waals surface area contributed by atoms with Crippen molar-refractivity contribution in [1.29, 1.82) is 0 Å². The van der Waals surface area contributed by atoms with E-state index in [0.29, 0.717) is 16.5 Å². The number of benzene rings is 2. The van der Waals surface area contributed by atoms with Gasteiger partial charge < -0.3 is 4.42 Å². The molecule has 3 heteroatoms. The predicted molar refractivity (Wildman–Crippen MR) is 81.8 cm³/mol. The number of rotatable bonds is 2. The van der Waals surface area contributed by atoms with Gasteiger partial charge >= 0.3 is 0 Å². The fraction of sp³-hybridized carbons (Fsp3) is 0.111. The molecular formula is C18H14O3. The maximum absolute atomic E-state index is 12.4. The molecule has 3 nitrogen and oxygen atoms in total. The van der Waals surface area contributed by atoms with E-state index in [9.17, 15) is 9.59 Å². The van der Waals surface area contributed by atoms with Crippen molar-refractivity contribution in [1.82, 2.24) is 0 Å². The van der Waals surface area contributed by atoms with Crippen LogP contribution in [0.1, 0.15) is 27.0 Å². The second-order valence-corrected chi connectivity index (χ2v) is 5.17. The van der Waals surface area contributed by atoms with Gasteiger partial charge in [-0.2, -0.15) is 0 Å². The molecule has 0 amide bonds. The highest BCUT2D eigenvalue weighted by Crippen LogP contribution is 2.15. The Kier molecular flexibility index (Phi) is 3.18. The van der Waals surface area contributed by atoms with Crippen LogP contribution in [0.5, 0.6) is 0 Å². The van der Waals surface area contributed by atoms with Gasteiger partial charge in [0.2, 0.25) is 5.43 Å². The summed E-state index contributed by atoms with van der Waals surface area (Å²) >= 11 is 0. The molecule has 104 valence electrons. The van der Waals surface area contributed by atoms with E-state index in [-0.39, 0.29) is 16.8 Å². The maximum Gasteiger partial charge on any atom is 0.203 e. The summed E-state index contributed by atoms with van der Waals surface area (Å²) in [6.07, 6.45) is 1.26. The lowest BCUT2D eigenvalue weighted by Gasteiger charge is -2.03. The number of ketones is 1. The Morgan fingerprint density at radius 1 is 0.952 bits per heavy atom. The van der Waals surface area contributed by atoms with Gasteiger partial charge in [-0.25, -0.2) is 0 Å². The van der Waals surface area contributed by atoms with Gasteiger partial charge in [0.1, 0.15) is 17.4 Å². The monoisotopic (exact) mass is 278 g/mol. The van der Waals surface area contributed by atoms with Crippen molar-refractivity contribution in [3.8, 4) is 0 Å². The molecule has 0 saturated carbocycles. The molecule has 0 fully saturated rings. The van der Waals surface area contributed by atoms with Gasteiger partial charge in [-0.15, -0.1) is 0 Å². The summed E-state index contributed by atoms with van der Waals surface area (Å²) in [5.74, 6) is -0.314. The second kappa shape index (κ2) is 5.02. The van der Waals surface area contributed by atoms with Crippen LogP contribution in [0, 0.1) is 13.8 Å². The third kappa shape index (κ3) is 2.38. The molecular weight excluding hydrogens is 264 g/mol. The summed E-state index contributed by atoms with van der Waals surface area (Å²) in [4.78, 5) is 24.9. The van der Waals surface area contributed by atoms with Gasteiger partial charge in [0.25, 0.3) is 0 Å². The molecule has 0 atom stereocenters. The molecule has 1 heterocycles. The zero-order chi connectivity index (χ0) is 15.0. The third-order valence-corrected chi connectivity index (χ3v) is 3.49. The number of carbonyl (C=O) groups is 1. The van der Waals surface area contributed by atoms with Crippen LogP contribution in [-0.4, -0.2) is 5.78 Å². The van der Waals surface area contributed by atoms with Crippen molar-refractivity contribution >= 4 is 16.8 Å². The molecule has 1 aromatic heterocycles. The van der Waals surface area contributed by atoms with Crippen molar-refractivity contribution in [2.45, 2.75) is 13.8 Å². The fourth-order valence-corrected chi connectivity index (χ4v) is 2.25. The van der Waals surface area contributed by atoms with Gasteiger partial charge in [0.15, 0.2) is 5.78 Å². The summed E-state index contributed by atoms with van der Waals surface area (Å²) in [5.41, 5.74) is 2.83. The van der Waals surface area contributed by atoms with Gasteiger partial charge in [-0.3, -0.25) is 9.59 Å². The molecule has 21 heavy (non-hydrogen) atoms. The van der Waals surface area contributed by atoms with E-state index in [1.54, 1.807) is 24.3 Å². The molecule has 0 N–H and O–H groups in total. The predicted octanol–water partition coefficient (Wildman–Crippen LogP) is 3.64. The summed E-state index contributed by atoms with van der Waals surface area (Å²) < 4.78 is 5.45. The van der Waals surface area contributed by atoms with E-state index >= 15 is 0 Å². The van der Waals surface area contributed by atoms with E-state index < -0.39 is 0 Å². The van der Waals surface area contributed by atoms with Crippen LogP contribution in [-0.2, 0) is 0 Å². The second-order valence-electron chi connectivity index (χ2n) is 5.17. The van der Waals surface area contributed by atoms with Crippen molar-refractivity contribution < 1.29 is 9.21 Å². The van der Waals surface area contributed by atoms with Crippen LogP contribution in [0.4, 0.5) is 0 Å². The van der Waals surface area contributed by atoms with E-state index in [1.165, 1.54) is 6.26 Å². The van der Waals surface area contributed by atoms with Crippen molar-refractivity contribution in [2.75, 3.05) is 0 Å². The summed E-state index contributed by atoms with van der Waals surface area (Å²) in [6, 6.07) is 12.4. The first-order chi connectivity index (χ1) is 10.1. The van der Waals surface area contributed by atoms with Gasteiger partial charge in [0, 0.05) is 5.56 Å². The summed E-state index contributed by atoms with van der Waals surface area (Å²) in [7, 11) is 0. The van der Waals surface area contributed by atoms with Gasteiger partial charge in [0.05, 0.1) is 5.39 Å². The van der Waals surface area contributed by atoms with Crippen LogP contribution in [0.25, 0.3) is 11.0 Å². The highest BCUT2D eigenvalue weighted by Gasteiger charge is 2.16. The van der Waals surface area contributed by atoms with Gasteiger partial charge in [-0.05, 0) is 31.5 Å². The van der Waals surface area contributed by atoms with Gasteiger partial charge in [-0.1, -0.05) is 35.9 Å². The molecule has 0 radical (unpaired) electrons. The smallest absolute Gasteiger partial charge is 0.203 e. The first-order valence-corrected chi connectivity index (χ1v) is 6.70. The lowest BCUT2D eigenvalue weighted by molar-refractivity contribution is 0.103. The molecule has 0 aliphatic carbocycles. The minimum absolute atomic E-state index is 0.0650. The largest absolute Gasteiger partial charge is 0.463 e. The highest BCUT2D eigenvalue weighted by atomic mass is 16.3. The molecule has 0 bridgehead atoms. The number of hydrogen-bond donors (Lipinski definition) is 0. The summed E-state index contributed by atoms with van der Waals surface area (Å²) in [6.45, 7) is 3.87. The zero-order valence-corrected chi connectivity index (χ0v) is 11.8. The lowest BCUT2D eigenvalue weighted by atomic mass is 10.0. The maximum atomic E-state index is 12.4. The molecule has 0 saturated heterocycles. The molecule has 0 spiro atoms. The Labute approximate surface area is 121 Å². The first kappa shape index (κ1) is 13.3. The average Bonchev–Trinajstić information content (AvgIpc) is 2.47. The normalized spacial score (nSPS) is 10.8. The Hall–Kier alpha value is -2.68. The molecule has 0 aliphatic heterocycles. The van der Waals surface area contributed by atoms with E-state index in [0.717, 1.165) is 11.1 Å². The van der Waals surface area contributed by atoms with Crippen LogP contribution in [0.3, 0.4) is 0 Å². The van der Waals surface area contributed by atoms with E-state index in [1.807, 2.05) is 32.0 Å². The Balaban J connectivity index is 2.14. The molecule has 0 unspecified atom stereocenters. The zero-order valence-electron chi connectivity index (χ0n) is 11.8. The molecule has 0 aliphatic rings. The van der Waals surface area contributed by atoms with Crippen molar-refractivity contribution in [3.63, 3.8) is 0 Å². The highest BCUT2D eigenvalue weighted by molar-refractivity contribution is 6.09. The summed E-state index contributed by atoms with van der Waals surface area (Å²) in [5, 5.41) is 0.429. The number of fused-ring (bicyclic) bond motifs is 1. The van der Waals surface area contributed by atoms with E-state index in [2.05, 4.69) is 0 Å². The quantitative estimate of drug-likeness (QED) is 0.672. The lowest BCUT2D eigenvalue weighted by Crippen LogP contribution is -2.15. The SMILES string of the molecule is Cc1ccc(C(=O)c2coc3cc(C)ccc3c2=O)cc1. The van der Waals surface area contributed by atoms with Crippen LogP contribution in [0.2, 0.25) is 0 Å². The number of hydrogen-bond acceptors (Lipinski definition) is 3. The number of carbonyl (C=O) groups excluding carboxylic acids is 1. The molecule has 3 aromatic rings. The first-order valence-electron chi connectivity index (χ1n) is 6.70. The standard InChI is InChI=1S/C18H14O3/c1-11-3-6-13(7-4-11)17(19)15-10-21-16-9-12(2)5-8-14(16)18(15)20/h3-10H,1-2H3. The fourth-order valence-electron chi connectivity index (χ4n) is 2.25. The Morgan fingerprint density at radius 3 is 2.33 bits per heavy atom. The van der Waals surface area contributed by atoms with Crippen LogP contribution < -0.4 is 5.43 Å². The number of aryl methyl sites for hydroxylation is 2. The average molecular weight is 278 g/mol. The molecule has 2 aromatic carbocycles. The Bertz CT molecular complexity index is 886. The molecule has 3 rings (SSSR count). The minimum atomic E-state index is -0.314. The van der Waals surface area contributed by atoms with Crippen molar-refractivity contribution in [3.05, 3.63) is 81.2 Å². The van der Waals surface area contributed by atoms with E-state index in [4.69, 9.17) is 4.42 Å². The van der Waals surface area contributed by atoms with Crippen molar-refractivity contribution in [2.24, 2.45) is 0 Å². The minimum Gasteiger partial charge on any atom is -0.463 e. The van der Waals surface area contributed by atoms with Crippen LogP contribution in [0.15, 0.2) is 57.9 Å². The third-order valence-electron chi connectivity index (χ3n) is 3.49.